The molecule has 4 rings (SSSR count). The quantitative estimate of drug-likeness (QED) is 0.186. The molecule has 4 aromatic rings. The zero-order chi connectivity index (χ0) is 25.1. The molecular weight excluding hydrogens is 470 g/mol. The third-order valence-corrected chi connectivity index (χ3v) is 5.91. The third kappa shape index (κ3) is 4.95. The maximum atomic E-state index is 13.0. The van der Waals surface area contributed by atoms with Crippen molar-refractivity contribution in [1.29, 1.82) is 0 Å². The fourth-order valence-electron chi connectivity index (χ4n) is 3.93. The van der Waals surface area contributed by atoms with Gasteiger partial charge < -0.3 is 14.9 Å². The van der Waals surface area contributed by atoms with Gasteiger partial charge >= 0.3 is 11.8 Å². The summed E-state index contributed by atoms with van der Waals surface area (Å²) in [6, 6.07) is 15.0. The van der Waals surface area contributed by atoms with Crippen LogP contribution in [0.5, 0.6) is 0 Å². The van der Waals surface area contributed by atoms with Crippen LogP contribution in [0.4, 0.5) is 5.82 Å². The molecule has 10 heteroatoms. The second-order valence-electron chi connectivity index (χ2n) is 7.97. The third-order valence-electron chi connectivity index (χ3n) is 5.65. The highest BCUT2D eigenvalue weighted by Gasteiger charge is 2.27. The van der Waals surface area contributed by atoms with E-state index in [0.717, 1.165) is 11.1 Å². The Balaban J connectivity index is 1.90. The van der Waals surface area contributed by atoms with Gasteiger partial charge in [-0.25, -0.2) is 19.0 Å². The summed E-state index contributed by atoms with van der Waals surface area (Å²) in [5.41, 5.74) is 4.15. The molecule has 0 atom stereocenters. The van der Waals surface area contributed by atoms with Crippen LogP contribution < -0.4 is 0 Å². The molecule has 0 amide bonds. The van der Waals surface area contributed by atoms with Gasteiger partial charge in [-0.3, -0.25) is 0 Å². The van der Waals surface area contributed by atoms with Crippen LogP contribution >= 0.6 is 11.6 Å². The van der Waals surface area contributed by atoms with E-state index in [0.29, 0.717) is 34.2 Å². The number of halogens is 1. The van der Waals surface area contributed by atoms with Gasteiger partial charge in [-0.15, -0.1) is 0 Å². The van der Waals surface area contributed by atoms with Crippen molar-refractivity contribution in [3.05, 3.63) is 92.5 Å². The summed E-state index contributed by atoms with van der Waals surface area (Å²) in [6.07, 6.45) is 1.53. The molecule has 2 aromatic carbocycles. The van der Waals surface area contributed by atoms with Gasteiger partial charge in [-0.1, -0.05) is 41.4 Å². The van der Waals surface area contributed by atoms with E-state index in [4.69, 9.17) is 16.3 Å². The summed E-state index contributed by atoms with van der Waals surface area (Å²) < 4.78 is 8.52. The number of aryl methyl sites for hydroxylation is 2. The Bertz CT molecular complexity index is 1370. The summed E-state index contributed by atoms with van der Waals surface area (Å²) in [5, 5.41) is 16.7. The van der Waals surface area contributed by atoms with E-state index in [1.165, 1.54) is 10.8 Å². The van der Waals surface area contributed by atoms with E-state index in [1.54, 1.807) is 30.7 Å². The average molecular weight is 494 g/mol. The minimum Gasteiger partial charge on any atom is -0.461 e. The van der Waals surface area contributed by atoms with E-state index in [1.807, 2.05) is 43.3 Å². The van der Waals surface area contributed by atoms with Gasteiger partial charge in [0.05, 0.1) is 24.5 Å². The highest BCUT2D eigenvalue weighted by Crippen LogP contribution is 2.32. The van der Waals surface area contributed by atoms with Crippen molar-refractivity contribution < 1.29 is 14.5 Å². The second-order valence-corrected chi connectivity index (χ2v) is 8.41. The normalized spacial score (nSPS) is 11.0. The minimum atomic E-state index is -0.555. The van der Waals surface area contributed by atoms with Crippen LogP contribution in [0.2, 0.25) is 5.02 Å². The number of hydrogen-bond acceptors (Lipinski definition) is 6. The van der Waals surface area contributed by atoms with Crippen molar-refractivity contribution in [2.45, 2.75) is 33.7 Å². The molecule has 0 unspecified atom stereocenters. The van der Waals surface area contributed by atoms with Gasteiger partial charge in [0.1, 0.15) is 6.20 Å². The maximum Gasteiger partial charge on any atom is 0.359 e. The molecule has 0 saturated carbocycles. The first-order valence-corrected chi connectivity index (χ1v) is 11.5. The number of carbonyl (C=O) groups is 1. The van der Waals surface area contributed by atoms with Gasteiger partial charge in [0.15, 0.2) is 11.5 Å². The standard InChI is InChI=1S/C25H24ClN5O4/c1-4-35-25(32)23-21(13-14-29-17(3)27-15-22(29)31(33)34)24(18-7-5-16(2)6-8-18)30(28-23)20-11-9-19(26)10-12-20/h5-12,15H,4,13-14H2,1-3H3. The number of hydrogen-bond donors (Lipinski definition) is 0. The summed E-state index contributed by atoms with van der Waals surface area (Å²) in [4.78, 5) is 28.1. The molecule has 180 valence electrons. The van der Waals surface area contributed by atoms with Crippen LogP contribution in [-0.2, 0) is 17.7 Å². The molecule has 0 aliphatic carbocycles. The largest absolute Gasteiger partial charge is 0.461 e. The van der Waals surface area contributed by atoms with E-state index in [-0.39, 0.29) is 24.7 Å². The molecule has 9 nitrogen and oxygen atoms in total. The predicted molar refractivity (Wildman–Crippen MR) is 132 cm³/mol. The highest BCUT2D eigenvalue weighted by atomic mass is 35.5. The molecule has 2 heterocycles. The van der Waals surface area contributed by atoms with Crippen molar-refractivity contribution in [1.82, 2.24) is 19.3 Å². The van der Waals surface area contributed by atoms with Crippen molar-refractivity contribution >= 4 is 23.4 Å². The molecule has 0 saturated heterocycles. The molecule has 0 fully saturated rings. The maximum absolute atomic E-state index is 13.0. The van der Waals surface area contributed by atoms with Crippen LogP contribution in [0.15, 0.2) is 54.7 Å². The van der Waals surface area contributed by atoms with Gasteiger partial charge in [0.2, 0.25) is 0 Å². The summed E-state index contributed by atoms with van der Waals surface area (Å²) in [7, 11) is 0. The Labute approximate surface area is 207 Å². The topological polar surface area (TPSA) is 105 Å². The summed E-state index contributed by atoms with van der Waals surface area (Å²) in [5.74, 6) is -0.154. The number of rotatable bonds is 8. The van der Waals surface area contributed by atoms with Crippen molar-refractivity contribution in [3.63, 3.8) is 0 Å². The first-order chi connectivity index (χ1) is 16.8. The van der Waals surface area contributed by atoms with E-state index in [9.17, 15) is 14.9 Å². The van der Waals surface area contributed by atoms with Crippen molar-refractivity contribution in [2.24, 2.45) is 0 Å². The smallest absolute Gasteiger partial charge is 0.359 e. The fourth-order valence-corrected chi connectivity index (χ4v) is 4.06. The zero-order valence-electron chi connectivity index (χ0n) is 19.6. The van der Waals surface area contributed by atoms with Gasteiger partial charge in [-0.2, -0.15) is 5.10 Å². The number of esters is 1. The minimum absolute atomic E-state index is 0.109. The molecule has 2 aromatic heterocycles. The molecule has 35 heavy (non-hydrogen) atoms. The Morgan fingerprint density at radius 1 is 1.11 bits per heavy atom. The Kier molecular flexibility index (Phi) is 6.97. The molecule has 0 aliphatic heterocycles. The van der Waals surface area contributed by atoms with Gasteiger partial charge in [0.25, 0.3) is 0 Å². The Hall–Kier alpha value is -3.98. The van der Waals surface area contributed by atoms with Crippen LogP contribution in [0.3, 0.4) is 0 Å². The lowest BCUT2D eigenvalue weighted by molar-refractivity contribution is -0.392. The van der Waals surface area contributed by atoms with Crippen molar-refractivity contribution in [2.75, 3.05) is 6.61 Å². The van der Waals surface area contributed by atoms with Crippen LogP contribution in [0, 0.1) is 24.0 Å². The highest BCUT2D eigenvalue weighted by molar-refractivity contribution is 6.30. The molecular formula is C25H24ClN5O4. The van der Waals surface area contributed by atoms with Crippen LogP contribution in [0.25, 0.3) is 16.9 Å². The zero-order valence-corrected chi connectivity index (χ0v) is 20.3. The number of aromatic nitrogens is 4. The van der Waals surface area contributed by atoms with E-state index >= 15 is 0 Å². The van der Waals surface area contributed by atoms with Crippen LogP contribution in [0.1, 0.15) is 34.4 Å². The van der Waals surface area contributed by atoms with Crippen LogP contribution in [-0.4, -0.2) is 36.8 Å². The van der Waals surface area contributed by atoms with E-state index in [2.05, 4.69) is 10.1 Å². The lowest BCUT2D eigenvalue weighted by Crippen LogP contribution is -2.12. The second kappa shape index (κ2) is 10.1. The number of ether oxygens (including phenoxy) is 1. The number of nitro groups is 1. The first kappa shape index (κ1) is 24.2. The molecule has 0 spiro atoms. The van der Waals surface area contributed by atoms with E-state index < -0.39 is 10.9 Å². The average Bonchev–Trinajstić information content (AvgIpc) is 3.39. The van der Waals surface area contributed by atoms with Gasteiger partial charge in [-0.05, 0) is 43.0 Å². The Morgan fingerprint density at radius 2 is 1.80 bits per heavy atom. The van der Waals surface area contributed by atoms with Gasteiger partial charge in [0, 0.05) is 29.5 Å². The molecule has 0 aliphatic rings. The number of nitrogens with zero attached hydrogens (tertiary/aromatic N) is 5. The SMILES string of the molecule is CCOC(=O)c1nn(-c2ccc(Cl)cc2)c(-c2ccc(C)cc2)c1CCn1c([N+](=O)[O-])cnc1C. The molecule has 0 bridgehead atoms. The van der Waals surface area contributed by atoms with Crippen molar-refractivity contribution in [3.8, 4) is 16.9 Å². The lowest BCUT2D eigenvalue weighted by Gasteiger charge is -2.11. The Morgan fingerprint density at radius 3 is 2.43 bits per heavy atom. The fraction of sp³-hybridized carbons (Fsp3) is 0.240. The predicted octanol–water partition coefficient (Wildman–Crippen LogP) is 5.33. The summed E-state index contributed by atoms with van der Waals surface area (Å²) in [6.45, 7) is 5.86. The monoisotopic (exact) mass is 493 g/mol. The number of imidazole rings is 1. The molecule has 0 radical (unpaired) electrons. The number of benzene rings is 2. The summed E-state index contributed by atoms with van der Waals surface area (Å²) >= 11 is 6.10. The molecule has 0 N–H and O–H groups in total. The number of carbonyl (C=O) groups excluding carboxylic acids is 1. The first-order valence-electron chi connectivity index (χ1n) is 11.1. The lowest BCUT2D eigenvalue weighted by atomic mass is 10.0.